The lowest BCUT2D eigenvalue weighted by Crippen LogP contribution is -2.34. The lowest BCUT2D eigenvalue weighted by molar-refractivity contribution is 0.0933. The summed E-state index contributed by atoms with van der Waals surface area (Å²) in [6.07, 6.45) is 1.99. The Labute approximate surface area is 115 Å². The van der Waals surface area contributed by atoms with Gasteiger partial charge in [-0.2, -0.15) is 5.10 Å². The largest absolute Gasteiger partial charge is 0.351 e. The molecule has 0 bridgehead atoms. The Kier molecular flexibility index (Phi) is 5.11. The summed E-state index contributed by atoms with van der Waals surface area (Å²) >= 11 is 0. The van der Waals surface area contributed by atoms with Crippen molar-refractivity contribution < 1.29 is 4.79 Å². The van der Waals surface area contributed by atoms with Gasteiger partial charge in [0.05, 0.1) is 11.3 Å². The summed E-state index contributed by atoms with van der Waals surface area (Å²) in [5.74, 6) is -0.0380. The molecule has 0 fully saturated rings. The number of nitrogens with one attached hydrogen (secondary N) is 1. The maximum absolute atomic E-state index is 12.2. The highest BCUT2D eigenvalue weighted by Gasteiger charge is 2.21. The van der Waals surface area contributed by atoms with Gasteiger partial charge in [0.25, 0.3) is 5.91 Å². The van der Waals surface area contributed by atoms with E-state index >= 15 is 0 Å². The van der Waals surface area contributed by atoms with Crippen LogP contribution in [-0.4, -0.2) is 28.8 Å². The average molecular weight is 266 g/mol. The third kappa shape index (κ3) is 4.06. The quantitative estimate of drug-likeness (QED) is 0.820. The first-order valence-corrected chi connectivity index (χ1v) is 6.77. The van der Waals surface area contributed by atoms with Crippen LogP contribution in [0.3, 0.4) is 0 Å². The van der Waals surface area contributed by atoms with E-state index in [-0.39, 0.29) is 11.3 Å². The normalized spacial score (nSPS) is 11.7. The molecule has 0 aliphatic heterocycles. The zero-order chi connectivity index (χ0) is 14.6. The highest BCUT2D eigenvalue weighted by Crippen LogP contribution is 2.21. The Morgan fingerprint density at radius 2 is 2.05 bits per heavy atom. The molecule has 108 valence electrons. The van der Waals surface area contributed by atoms with Crippen LogP contribution in [0.25, 0.3) is 0 Å². The minimum atomic E-state index is -0.0380. The smallest absolute Gasteiger partial charge is 0.255 e. The highest BCUT2D eigenvalue weighted by atomic mass is 16.1. The predicted octanol–water partition coefficient (Wildman–Crippen LogP) is 1.53. The topological polar surface area (TPSA) is 72.9 Å². The van der Waals surface area contributed by atoms with Gasteiger partial charge in [-0.05, 0) is 38.6 Å². The molecule has 5 nitrogen and oxygen atoms in total. The molecule has 1 aromatic rings. The molecule has 1 rings (SSSR count). The van der Waals surface area contributed by atoms with Crippen molar-refractivity contribution in [1.82, 2.24) is 15.1 Å². The van der Waals surface area contributed by atoms with Crippen LogP contribution in [0, 0.1) is 19.3 Å². The minimum absolute atomic E-state index is 0.0380. The molecule has 5 heteroatoms. The second-order valence-electron chi connectivity index (χ2n) is 5.91. The molecule has 0 aliphatic carbocycles. The molecule has 19 heavy (non-hydrogen) atoms. The third-order valence-electron chi connectivity index (χ3n) is 3.52. The number of aryl methyl sites for hydroxylation is 2. The maximum Gasteiger partial charge on any atom is 0.255 e. The lowest BCUT2D eigenvalue weighted by Gasteiger charge is -2.24. The summed E-state index contributed by atoms with van der Waals surface area (Å²) in [5.41, 5.74) is 7.96. The van der Waals surface area contributed by atoms with Crippen molar-refractivity contribution in [3.63, 3.8) is 0 Å². The molecular weight excluding hydrogens is 240 g/mol. The van der Waals surface area contributed by atoms with E-state index in [9.17, 15) is 4.79 Å². The van der Waals surface area contributed by atoms with Gasteiger partial charge >= 0.3 is 0 Å². The fraction of sp³-hybridized carbons (Fsp3) is 0.714. The zero-order valence-electron chi connectivity index (χ0n) is 12.7. The first kappa shape index (κ1) is 15.7. The van der Waals surface area contributed by atoms with Crippen molar-refractivity contribution >= 4 is 5.91 Å². The van der Waals surface area contributed by atoms with Crippen LogP contribution in [0.1, 0.15) is 48.4 Å². The fourth-order valence-corrected chi connectivity index (χ4v) is 2.18. The Morgan fingerprint density at radius 3 is 2.53 bits per heavy atom. The standard InChI is InChI=1S/C14H26N4O/c1-10-12(11(2)18(5)17-10)13(19)16-9-14(3,4)7-6-8-15/h6-9,15H2,1-5H3,(H,16,19). The Balaban J connectivity index is 2.65. The minimum Gasteiger partial charge on any atom is -0.351 e. The summed E-state index contributed by atoms with van der Waals surface area (Å²) in [6, 6.07) is 0. The van der Waals surface area contributed by atoms with E-state index in [0.29, 0.717) is 18.7 Å². The second-order valence-corrected chi connectivity index (χ2v) is 5.91. The van der Waals surface area contributed by atoms with Crippen LogP contribution < -0.4 is 11.1 Å². The fourth-order valence-electron chi connectivity index (χ4n) is 2.18. The number of hydrogen-bond acceptors (Lipinski definition) is 3. The molecule has 3 N–H and O–H groups in total. The lowest BCUT2D eigenvalue weighted by atomic mass is 9.87. The number of carbonyl (C=O) groups excluding carboxylic acids is 1. The molecule has 1 heterocycles. The number of carbonyl (C=O) groups is 1. The third-order valence-corrected chi connectivity index (χ3v) is 3.52. The van der Waals surface area contributed by atoms with Crippen LogP contribution in [0.2, 0.25) is 0 Å². The number of amides is 1. The van der Waals surface area contributed by atoms with Gasteiger partial charge in [-0.15, -0.1) is 0 Å². The van der Waals surface area contributed by atoms with E-state index in [4.69, 9.17) is 5.73 Å². The molecule has 1 aromatic heterocycles. The predicted molar refractivity (Wildman–Crippen MR) is 77.1 cm³/mol. The van der Waals surface area contributed by atoms with E-state index < -0.39 is 0 Å². The van der Waals surface area contributed by atoms with E-state index in [0.717, 1.165) is 24.2 Å². The number of rotatable bonds is 6. The van der Waals surface area contributed by atoms with Gasteiger partial charge < -0.3 is 11.1 Å². The molecule has 0 aromatic carbocycles. The van der Waals surface area contributed by atoms with Gasteiger partial charge in [-0.3, -0.25) is 9.48 Å². The first-order valence-electron chi connectivity index (χ1n) is 6.77. The molecule has 0 unspecified atom stereocenters. The summed E-state index contributed by atoms with van der Waals surface area (Å²) in [7, 11) is 1.85. The highest BCUT2D eigenvalue weighted by molar-refractivity contribution is 5.96. The van der Waals surface area contributed by atoms with Gasteiger partial charge in [0.2, 0.25) is 0 Å². The summed E-state index contributed by atoms with van der Waals surface area (Å²) < 4.78 is 1.74. The number of hydrogen-bond donors (Lipinski definition) is 2. The molecule has 0 aliphatic rings. The van der Waals surface area contributed by atoms with Crippen LogP contribution in [0.15, 0.2) is 0 Å². The van der Waals surface area contributed by atoms with Gasteiger partial charge in [0.15, 0.2) is 0 Å². The van der Waals surface area contributed by atoms with Crippen molar-refractivity contribution in [2.24, 2.45) is 18.2 Å². The summed E-state index contributed by atoms with van der Waals surface area (Å²) in [5, 5.41) is 7.28. The first-order chi connectivity index (χ1) is 8.78. The molecular formula is C14H26N4O. The van der Waals surface area contributed by atoms with Gasteiger partial charge in [-0.1, -0.05) is 13.8 Å². The van der Waals surface area contributed by atoms with E-state index in [1.807, 2.05) is 20.9 Å². The van der Waals surface area contributed by atoms with Gasteiger partial charge in [0, 0.05) is 19.3 Å². The molecule has 0 radical (unpaired) electrons. The molecule has 0 atom stereocenters. The van der Waals surface area contributed by atoms with Crippen molar-refractivity contribution in [2.75, 3.05) is 13.1 Å². The van der Waals surface area contributed by atoms with Crippen molar-refractivity contribution in [3.8, 4) is 0 Å². The molecule has 0 saturated heterocycles. The van der Waals surface area contributed by atoms with Crippen molar-refractivity contribution in [3.05, 3.63) is 17.0 Å². The maximum atomic E-state index is 12.2. The number of nitrogens with zero attached hydrogens (tertiary/aromatic N) is 2. The van der Waals surface area contributed by atoms with Crippen molar-refractivity contribution in [1.29, 1.82) is 0 Å². The van der Waals surface area contributed by atoms with E-state index in [1.54, 1.807) is 4.68 Å². The van der Waals surface area contributed by atoms with Gasteiger partial charge in [0.1, 0.15) is 0 Å². The number of nitrogens with two attached hydrogens (primary N) is 1. The monoisotopic (exact) mass is 266 g/mol. The van der Waals surface area contributed by atoms with E-state index in [1.165, 1.54) is 0 Å². The summed E-state index contributed by atoms with van der Waals surface area (Å²) in [4.78, 5) is 12.2. The Bertz CT molecular complexity index is 449. The van der Waals surface area contributed by atoms with Crippen LogP contribution in [0.4, 0.5) is 0 Å². The zero-order valence-corrected chi connectivity index (χ0v) is 12.7. The average Bonchev–Trinajstić information content (AvgIpc) is 2.58. The number of aromatic nitrogens is 2. The van der Waals surface area contributed by atoms with E-state index in [2.05, 4.69) is 24.3 Å². The molecule has 1 amide bonds. The van der Waals surface area contributed by atoms with Crippen LogP contribution in [0.5, 0.6) is 0 Å². The second kappa shape index (κ2) is 6.19. The van der Waals surface area contributed by atoms with Crippen LogP contribution >= 0.6 is 0 Å². The molecule has 0 spiro atoms. The SMILES string of the molecule is Cc1nn(C)c(C)c1C(=O)NCC(C)(C)CCCN. The Morgan fingerprint density at radius 1 is 1.42 bits per heavy atom. The molecule has 0 saturated carbocycles. The van der Waals surface area contributed by atoms with Gasteiger partial charge in [-0.25, -0.2) is 0 Å². The Hall–Kier alpha value is -1.36. The van der Waals surface area contributed by atoms with Crippen molar-refractivity contribution in [2.45, 2.75) is 40.5 Å². The van der Waals surface area contributed by atoms with Crippen LogP contribution in [-0.2, 0) is 7.05 Å². The summed E-state index contributed by atoms with van der Waals surface area (Å²) in [6.45, 7) is 9.41.